The topological polar surface area (TPSA) is 45.1 Å². The number of ether oxygens (including phenoxy) is 1. The molecular formula is C21H35N3O2S. The standard InChI is InChI=1S/C19H29N3O2S.C2H6/c1-4-13-25-21-11-12-24-19(17-9-7-6-8-10-17)18(14-21)15-22(16(3)23)20-5-2;1-2/h5-10,18-19H,4,11-15H2,1-3H3;1-2H3/b20-5-;. The van der Waals surface area contributed by atoms with E-state index in [1.807, 2.05) is 50.9 Å². The lowest BCUT2D eigenvalue weighted by Gasteiger charge is -2.30. The molecule has 1 aromatic rings. The Bertz CT molecular complexity index is 554. The van der Waals surface area contributed by atoms with E-state index in [4.69, 9.17) is 4.74 Å². The van der Waals surface area contributed by atoms with E-state index in [-0.39, 0.29) is 17.9 Å². The second kappa shape index (κ2) is 13.7. The van der Waals surface area contributed by atoms with Gasteiger partial charge >= 0.3 is 0 Å². The summed E-state index contributed by atoms with van der Waals surface area (Å²) in [7, 11) is 0. The monoisotopic (exact) mass is 393 g/mol. The highest BCUT2D eigenvalue weighted by atomic mass is 32.2. The first-order chi connectivity index (χ1) is 13.2. The van der Waals surface area contributed by atoms with Gasteiger partial charge in [-0.2, -0.15) is 5.10 Å². The van der Waals surface area contributed by atoms with Crippen LogP contribution in [0.1, 0.15) is 52.7 Å². The number of hydrogen-bond acceptors (Lipinski definition) is 5. The van der Waals surface area contributed by atoms with Crippen LogP contribution in [0.15, 0.2) is 35.4 Å². The number of carbonyl (C=O) groups excluding carboxylic acids is 1. The number of carbonyl (C=O) groups is 1. The van der Waals surface area contributed by atoms with Gasteiger partial charge in [-0.3, -0.25) is 4.79 Å². The molecule has 0 bridgehead atoms. The van der Waals surface area contributed by atoms with Gasteiger partial charge < -0.3 is 4.74 Å². The van der Waals surface area contributed by atoms with Crippen LogP contribution in [0.4, 0.5) is 0 Å². The van der Waals surface area contributed by atoms with E-state index < -0.39 is 0 Å². The molecule has 0 saturated carbocycles. The summed E-state index contributed by atoms with van der Waals surface area (Å²) in [4.78, 5) is 11.9. The summed E-state index contributed by atoms with van der Waals surface area (Å²) in [6.45, 7) is 12.6. The fraction of sp³-hybridized carbons (Fsp3) is 0.619. The quantitative estimate of drug-likeness (QED) is 0.385. The number of benzene rings is 1. The molecule has 0 N–H and O–H groups in total. The number of nitrogens with zero attached hydrogens (tertiary/aromatic N) is 3. The molecule has 27 heavy (non-hydrogen) atoms. The SMILES string of the molecule is C/C=N\N(CC1CN(SCCC)CCOC1c1ccccc1)C(C)=O.CC. The molecule has 1 amide bonds. The van der Waals surface area contributed by atoms with E-state index in [1.54, 1.807) is 18.1 Å². The van der Waals surface area contributed by atoms with Gasteiger partial charge in [0.25, 0.3) is 0 Å². The third-order valence-corrected chi connectivity index (χ3v) is 5.42. The molecule has 1 aliphatic rings. The molecule has 152 valence electrons. The third kappa shape index (κ3) is 8.03. The molecule has 2 atom stereocenters. The Hall–Kier alpha value is -1.37. The van der Waals surface area contributed by atoms with Crippen molar-refractivity contribution in [3.63, 3.8) is 0 Å². The average Bonchev–Trinajstić information content (AvgIpc) is 2.90. The van der Waals surface area contributed by atoms with E-state index in [9.17, 15) is 4.79 Å². The predicted molar refractivity (Wildman–Crippen MR) is 116 cm³/mol. The van der Waals surface area contributed by atoms with Crippen LogP contribution in [0.3, 0.4) is 0 Å². The highest BCUT2D eigenvalue weighted by Gasteiger charge is 2.31. The normalized spacial score (nSPS) is 20.6. The molecule has 0 spiro atoms. The molecule has 2 unspecified atom stereocenters. The van der Waals surface area contributed by atoms with Crippen molar-refractivity contribution < 1.29 is 9.53 Å². The number of hydrazone groups is 1. The lowest BCUT2D eigenvalue weighted by Crippen LogP contribution is -2.36. The van der Waals surface area contributed by atoms with Crippen molar-refractivity contribution >= 4 is 24.1 Å². The van der Waals surface area contributed by atoms with Gasteiger partial charge in [0.05, 0.1) is 19.3 Å². The molecule has 0 radical (unpaired) electrons. The summed E-state index contributed by atoms with van der Waals surface area (Å²) in [5.41, 5.74) is 1.17. The fourth-order valence-corrected chi connectivity index (χ4v) is 3.93. The Kier molecular flexibility index (Phi) is 12.1. The highest BCUT2D eigenvalue weighted by molar-refractivity contribution is 7.97. The summed E-state index contributed by atoms with van der Waals surface area (Å²) in [6.07, 6.45) is 2.79. The van der Waals surface area contributed by atoms with Gasteiger partial charge in [0.2, 0.25) is 5.91 Å². The van der Waals surface area contributed by atoms with Gasteiger partial charge in [0.15, 0.2) is 0 Å². The van der Waals surface area contributed by atoms with Crippen LogP contribution in [0.25, 0.3) is 0 Å². The van der Waals surface area contributed by atoms with E-state index >= 15 is 0 Å². The van der Waals surface area contributed by atoms with Crippen molar-refractivity contribution in [3.05, 3.63) is 35.9 Å². The summed E-state index contributed by atoms with van der Waals surface area (Å²) < 4.78 is 8.61. The molecule has 2 rings (SSSR count). The maximum atomic E-state index is 11.9. The second-order valence-electron chi connectivity index (χ2n) is 6.16. The zero-order valence-electron chi connectivity index (χ0n) is 17.4. The van der Waals surface area contributed by atoms with Crippen molar-refractivity contribution in [2.75, 3.05) is 32.0 Å². The maximum Gasteiger partial charge on any atom is 0.239 e. The number of rotatable bonds is 7. The Labute approximate surface area is 169 Å². The first kappa shape index (κ1) is 23.7. The zero-order chi connectivity index (χ0) is 20.1. The average molecular weight is 394 g/mol. The first-order valence-electron chi connectivity index (χ1n) is 9.96. The van der Waals surface area contributed by atoms with Crippen LogP contribution >= 0.6 is 11.9 Å². The second-order valence-corrected chi connectivity index (χ2v) is 7.34. The highest BCUT2D eigenvalue weighted by Crippen LogP contribution is 2.32. The van der Waals surface area contributed by atoms with Crippen molar-refractivity contribution in [3.8, 4) is 0 Å². The summed E-state index contributed by atoms with van der Waals surface area (Å²) >= 11 is 1.87. The molecule has 6 heteroatoms. The van der Waals surface area contributed by atoms with Gasteiger partial charge in [-0.1, -0.05) is 63.1 Å². The lowest BCUT2D eigenvalue weighted by atomic mass is 9.95. The van der Waals surface area contributed by atoms with E-state index in [0.29, 0.717) is 13.2 Å². The first-order valence-corrected chi connectivity index (χ1v) is 10.9. The molecule has 1 fully saturated rings. The van der Waals surface area contributed by atoms with Crippen LogP contribution in [0.2, 0.25) is 0 Å². The Morgan fingerprint density at radius 1 is 1.37 bits per heavy atom. The van der Waals surface area contributed by atoms with Gasteiger partial charge in [0.1, 0.15) is 0 Å². The minimum Gasteiger partial charge on any atom is -0.372 e. The molecule has 0 aliphatic carbocycles. The fourth-order valence-electron chi connectivity index (χ4n) is 2.99. The zero-order valence-corrected chi connectivity index (χ0v) is 18.2. The molecular weight excluding hydrogens is 358 g/mol. The van der Waals surface area contributed by atoms with Crippen molar-refractivity contribution in [1.29, 1.82) is 0 Å². The van der Waals surface area contributed by atoms with Gasteiger partial charge in [-0.05, 0) is 18.9 Å². The smallest absolute Gasteiger partial charge is 0.239 e. The summed E-state index contributed by atoms with van der Waals surface area (Å²) in [5, 5.41) is 5.80. The molecule has 1 heterocycles. The number of amides is 1. The minimum absolute atomic E-state index is 0.0256. The molecule has 0 aromatic heterocycles. The van der Waals surface area contributed by atoms with Gasteiger partial charge in [-0.25, -0.2) is 9.31 Å². The van der Waals surface area contributed by atoms with Crippen LogP contribution < -0.4 is 0 Å². The molecule has 1 saturated heterocycles. The van der Waals surface area contributed by atoms with Crippen molar-refractivity contribution in [2.45, 2.75) is 47.1 Å². The van der Waals surface area contributed by atoms with Crippen molar-refractivity contribution in [2.24, 2.45) is 11.0 Å². The largest absolute Gasteiger partial charge is 0.372 e. The minimum atomic E-state index is -0.0399. The number of hydrogen-bond donors (Lipinski definition) is 0. The Morgan fingerprint density at radius 2 is 2.07 bits per heavy atom. The van der Waals surface area contributed by atoms with Crippen LogP contribution in [-0.4, -0.2) is 53.4 Å². The van der Waals surface area contributed by atoms with Gasteiger partial charge in [0, 0.05) is 37.9 Å². The Morgan fingerprint density at radius 3 is 2.67 bits per heavy atom. The third-order valence-electron chi connectivity index (χ3n) is 4.14. The van der Waals surface area contributed by atoms with Crippen LogP contribution in [0, 0.1) is 5.92 Å². The summed E-state index contributed by atoms with van der Waals surface area (Å²) in [6, 6.07) is 10.3. The van der Waals surface area contributed by atoms with Gasteiger partial charge in [-0.15, -0.1) is 0 Å². The van der Waals surface area contributed by atoms with E-state index in [1.165, 1.54) is 5.56 Å². The van der Waals surface area contributed by atoms with E-state index in [0.717, 1.165) is 25.3 Å². The predicted octanol–water partition coefficient (Wildman–Crippen LogP) is 4.61. The molecule has 1 aliphatic heterocycles. The van der Waals surface area contributed by atoms with Crippen molar-refractivity contribution in [1.82, 2.24) is 9.31 Å². The van der Waals surface area contributed by atoms with E-state index in [2.05, 4.69) is 28.5 Å². The maximum absolute atomic E-state index is 11.9. The molecule has 1 aromatic carbocycles. The molecule has 5 nitrogen and oxygen atoms in total. The lowest BCUT2D eigenvalue weighted by molar-refractivity contribution is -0.130. The van der Waals surface area contributed by atoms with Crippen LogP contribution in [0.5, 0.6) is 0 Å². The summed E-state index contributed by atoms with van der Waals surface area (Å²) in [5.74, 6) is 1.23. The Balaban J connectivity index is 0.00000176. The van der Waals surface area contributed by atoms with Crippen LogP contribution in [-0.2, 0) is 9.53 Å².